The quantitative estimate of drug-likeness (QED) is 0.685. The summed E-state index contributed by atoms with van der Waals surface area (Å²) in [6, 6.07) is 7.08. The van der Waals surface area contributed by atoms with E-state index in [9.17, 15) is 13.6 Å². The molecule has 0 radical (unpaired) electrons. The highest BCUT2D eigenvalue weighted by molar-refractivity contribution is 6.31. The van der Waals surface area contributed by atoms with E-state index in [1.807, 2.05) is 6.07 Å². The van der Waals surface area contributed by atoms with Gasteiger partial charge in [-0.3, -0.25) is 4.79 Å². The molecule has 0 saturated carbocycles. The van der Waals surface area contributed by atoms with Crippen molar-refractivity contribution in [2.45, 2.75) is 38.4 Å². The molecular weight excluding hydrogens is 402 g/mol. The molecule has 154 valence electrons. The molecule has 8 heteroatoms. The van der Waals surface area contributed by atoms with Gasteiger partial charge in [0.2, 0.25) is 12.7 Å². The van der Waals surface area contributed by atoms with E-state index in [4.69, 9.17) is 21.1 Å². The van der Waals surface area contributed by atoms with Gasteiger partial charge in [-0.25, -0.2) is 8.78 Å². The van der Waals surface area contributed by atoms with E-state index in [1.165, 1.54) is 12.1 Å². The number of hydrogen-bond acceptors (Lipinski definition) is 4. The van der Waals surface area contributed by atoms with Gasteiger partial charge in [-0.1, -0.05) is 17.7 Å². The number of benzene rings is 2. The van der Waals surface area contributed by atoms with Gasteiger partial charge in [-0.15, -0.1) is 0 Å². The lowest BCUT2D eigenvalue weighted by molar-refractivity contribution is -0.129. The monoisotopic (exact) mass is 422 g/mol. The predicted octanol–water partition coefficient (Wildman–Crippen LogP) is 4.02. The second kappa shape index (κ2) is 8.55. The van der Waals surface area contributed by atoms with Crippen LogP contribution in [-0.4, -0.2) is 30.2 Å². The summed E-state index contributed by atoms with van der Waals surface area (Å²) in [6.07, 6.45) is 1.91. The fraction of sp³-hybridized carbons (Fsp3) is 0.381. The van der Waals surface area contributed by atoms with Crippen molar-refractivity contribution in [2.75, 3.05) is 13.3 Å². The number of fused-ring (bicyclic) bond motifs is 1. The Morgan fingerprint density at radius 1 is 1.14 bits per heavy atom. The molecule has 4 rings (SSSR count). The predicted molar refractivity (Wildman–Crippen MR) is 104 cm³/mol. The van der Waals surface area contributed by atoms with Crippen LogP contribution in [0.3, 0.4) is 0 Å². The van der Waals surface area contributed by atoms with Crippen molar-refractivity contribution < 1.29 is 23.0 Å². The van der Waals surface area contributed by atoms with Gasteiger partial charge in [0.15, 0.2) is 11.5 Å². The fourth-order valence-corrected chi connectivity index (χ4v) is 3.95. The molecule has 1 saturated heterocycles. The first-order chi connectivity index (χ1) is 14.0. The van der Waals surface area contributed by atoms with Gasteiger partial charge in [0.25, 0.3) is 0 Å². The summed E-state index contributed by atoms with van der Waals surface area (Å²) < 4.78 is 37.7. The highest BCUT2D eigenvalue weighted by atomic mass is 35.5. The van der Waals surface area contributed by atoms with Crippen LogP contribution in [0.2, 0.25) is 5.02 Å². The number of rotatable bonds is 7. The zero-order valence-electron chi connectivity index (χ0n) is 15.7. The van der Waals surface area contributed by atoms with Crippen LogP contribution in [0, 0.1) is 11.6 Å². The number of amides is 1. The minimum Gasteiger partial charge on any atom is -0.454 e. The first kappa shape index (κ1) is 19.9. The molecule has 2 aliphatic heterocycles. The number of carbonyl (C=O) groups excluding carboxylic acids is 1. The van der Waals surface area contributed by atoms with Crippen LogP contribution >= 0.6 is 11.6 Å². The lowest BCUT2D eigenvalue weighted by Gasteiger charge is -2.25. The normalized spacial score (nSPS) is 18.0. The van der Waals surface area contributed by atoms with Gasteiger partial charge >= 0.3 is 0 Å². The molecule has 0 spiro atoms. The molecular formula is C21H21ClF2N2O3. The number of halogens is 3. The van der Waals surface area contributed by atoms with E-state index in [1.54, 1.807) is 11.0 Å². The maximum absolute atomic E-state index is 14.0. The SMILES string of the molecule is O=C1CCC(CCNCc2cc3c(cc2Cl)OCO3)N1Cc1ccc(F)cc1F. The molecule has 2 aromatic rings. The third kappa shape index (κ3) is 4.46. The van der Waals surface area contributed by atoms with Crippen LogP contribution in [0.5, 0.6) is 11.5 Å². The standard InChI is InChI=1S/C21H21ClF2N2O3/c22-17-9-20-19(28-12-29-20)7-14(17)10-25-6-5-16-3-4-21(27)26(16)11-13-1-2-15(23)8-18(13)24/h1-2,7-9,16,25H,3-6,10-12H2. The Hall–Kier alpha value is -2.38. The van der Waals surface area contributed by atoms with Crippen molar-refractivity contribution in [1.82, 2.24) is 10.2 Å². The molecule has 2 heterocycles. The van der Waals surface area contributed by atoms with Crippen molar-refractivity contribution >= 4 is 17.5 Å². The zero-order valence-corrected chi connectivity index (χ0v) is 16.5. The third-order valence-corrected chi connectivity index (χ3v) is 5.67. The third-order valence-electron chi connectivity index (χ3n) is 5.32. The van der Waals surface area contributed by atoms with Crippen LogP contribution in [0.4, 0.5) is 8.78 Å². The lowest BCUT2D eigenvalue weighted by Crippen LogP contribution is -2.35. The summed E-state index contributed by atoms with van der Waals surface area (Å²) in [4.78, 5) is 13.9. The van der Waals surface area contributed by atoms with E-state index in [0.29, 0.717) is 41.6 Å². The summed E-state index contributed by atoms with van der Waals surface area (Å²) in [6.45, 7) is 1.58. The average Bonchev–Trinajstić information content (AvgIpc) is 3.27. The van der Waals surface area contributed by atoms with Crippen molar-refractivity contribution in [3.8, 4) is 11.5 Å². The molecule has 0 bridgehead atoms. The number of carbonyl (C=O) groups is 1. The molecule has 5 nitrogen and oxygen atoms in total. The molecule has 2 aromatic carbocycles. The number of likely N-dealkylation sites (tertiary alicyclic amines) is 1. The van der Waals surface area contributed by atoms with Gasteiger partial charge in [-0.2, -0.15) is 0 Å². The fourth-order valence-electron chi connectivity index (χ4n) is 3.73. The maximum Gasteiger partial charge on any atom is 0.231 e. The number of ether oxygens (including phenoxy) is 2. The summed E-state index contributed by atoms with van der Waals surface area (Å²) in [5.74, 6) is 0.0745. The topological polar surface area (TPSA) is 50.8 Å². The van der Waals surface area contributed by atoms with Crippen molar-refractivity contribution in [2.24, 2.45) is 0 Å². The molecule has 1 fully saturated rings. The van der Waals surface area contributed by atoms with Gasteiger partial charge in [0.1, 0.15) is 11.6 Å². The van der Waals surface area contributed by atoms with Crippen LogP contribution < -0.4 is 14.8 Å². The number of nitrogens with one attached hydrogen (secondary N) is 1. The van der Waals surface area contributed by atoms with Gasteiger partial charge in [0, 0.05) is 48.3 Å². The van der Waals surface area contributed by atoms with E-state index < -0.39 is 11.6 Å². The number of hydrogen-bond donors (Lipinski definition) is 1. The van der Waals surface area contributed by atoms with Crippen LogP contribution in [0.15, 0.2) is 30.3 Å². The van der Waals surface area contributed by atoms with Crippen LogP contribution in [-0.2, 0) is 17.9 Å². The molecule has 1 N–H and O–H groups in total. The molecule has 1 atom stereocenters. The van der Waals surface area contributed by atoms with Crippen molar-refractivity contribution in [1.29, 1.82) is 0 Å². The molecule has 0 aromatic heterocycles. The minimum absolute atomic E-state index is 0.00228. The van der Waals surface area contributed by atoms with Crippen molar-refractivity contribution in [3.63, 3.8) is 0 Å². The Bertz CT molecular complexity index is 925. The summed E-state index contributed by atoms with van der Waals surface area (Å²) >= 11 is 6.28. The summed E-state index contributed by atoms with van der Waals surface area (Å²) in [7, 11) is 0. The van der Waals surface area contributed by atoms with Gasteiger partial charge in [-0.05, 0) is 37.1 Å². The lowest BCUT2D eigenvalue weighted by atomic mass is 10.1. The molecule has 0 aliphatic carbocycles. The maximum atomic E-state index is 14.0. The summed E-state index contributed by atoms with van der Waals surface area (Å²) in [5.41, 5.74) is 1.23. The van der Waals surface area contributed by atoms with E-state index >= 15 is 0 Å². The molecule has 1 amide bonds. The Morgan fingerprint density at radius 2 is 1.93 bits per heavy atom. The Kier molecular flexibility index (Phi) is 5.87. The molecule has 1 unspecified atom stereocenters. The second-order valence-corrected chi connectivity index (χ2v) is 7.62. The zero-order chi connectivity index (χ0) is 20.4. The first-order valence-electron chi connectivity index (χ1n) is 9.53. The minimum atomic E-state index is -0.626. The Balaban J connectivity index is 1.31. The Labute approximate surface area is 172 Å². The highest BCUT2D eigenvalue weighted by Crippen LogP contribution is 2.36. The highest BCUT2D eigenvalue weighted by Gasteiger charge is 2.31. The van der Waals surface area contributed by atoms with E-state index in [0.717, 1.165) is 24.5 Å². The van der Waals surface area contributed by atoms with Gasteiger partial charge < -0.3 is 19.7 Å². The van der Waals surface area contributed by atoms with Gasteiger partial charge in [0.05, 0.1) is 0 Å². The van der Waals surface area contributed by atoms with E-state index in [2.05, 4.69) is 5.32 Å². The second-order valence-electron chi connectivity index (χ2n) is 7.21. The average molecular weight is 423 g/mol. The first-order valence-corrected chi connectivity index (χ1v) is 9.91. The largest absolute Gasteiger partial charge is 0.454 e. The molecule has 2 aliphatic rings. The van der Waals surface area contributed by atoms with Crippen molar-refractivity contribution in [3.05, 3.63) is 58.1 Å². The smallest absolute Gasteiger partial charge is 0.231 e. The van der Waals surface area contributed by atoms with Crippen LogP contribution in [0.25, 0.3) is 0 Å². The van der Waals surface area contributed by atoms with Crippen LogP contribution in [0.1, 0.15) is 30.4 Å². The molecule has 29 heavy (non-hydrogen) atoms. The number of nitrogens with zero attached hydrogens (tertiary/aromatic N) is 1. The summed E-state index contributed by atoms with van der Waals surface area (Å²) in [5, 5.41) is 3.94. The Morgan fingerprint density at radius 3 is 2.72 bits per heavy atom. The van der Waals surface area contributed by atoms with E-state index in [-0.39, 0.29) is 25.3 Å².